The number of halogens is 1. The van der Waals surface area contributed by atoms with Crippen LogP contribution in [-0.4, -0.2) is 78.8 Å². The number of hydrogen-bond donors (Lipinski definition) is 4. The van der Waals surface area contributed by atoms with Crippen molar-refractivity contribution < 1.29 is 38.1 Å². The Morgan fingerprint density at radius 1 is 1.22 bits per heavy atom. The molecule has 17 heteroatoms. The Hall–Kier alpha value is -2.88. The molecule has 3 aromatic rings. The summed E-state index contributed by atoms with van der Waals surface area (Å²) in [4.78, 5) is 26.1. The maximum atomic E-state index is 14.4. The van der Waals surface area contributed by atoms with Crippen molar-refractivity contribution in [3.63, 3.8) is 0 Å². The van der Waals surface area contributed by atoms with Gasteiger partial charge in [0.1, 0.15) is 41.5 Å². The van der Waals surface area contributed by atoms with E-state index in [2.05, 4.69) is 20.0 Å². The van der Waals surface area contributed by atoms with Crippen LogP contribution in [0.1, 0.15) is 58.1 Å². The first-order valence-electron chi connectivity index (χ1n) is 14.8. The number of imidazole rings is 1. The average Bonchev–Trinajstić information content (AvgIpc) is 3.70. The van der Waals surface area contributed by atoms with Crippen molar-refractivity contribution in [2.45, 2.75) is 87.5 Å². The predicted octanol–water partition coefficient (Wildman–Crippen LogP) is 3.00. The molecule has 6 rings (SSSR count). The first kappa shape index (κ1) is 32.1. The number of carbonyl (C=O) groups excluding carboxylic acids is 1. The summed E-state index contributed by atoms with van der Waals surface area (Å²) in [5, 5.41) is 27.2. The van der Waals surface area contributed by atoms with E-state index in [1.807, 2.05) is 0 Å². The van der Waals surface area contributed by atoms with Crippen molar-refractivity contribution in [1.82, 2.24) is 24.6 Å². The average molecular weight is 666 g/mol. The fourth-order valence-electron chi connectivity index (χ4n) is 5.96. The molecule has 1 aromatic carbocycles. The molecular formula is C28H37ClN7O8P. The summed E-state index contributed by atoms with van der Waals surface area (Å²) in [5.41, 5.74) is -2.45. The maximum Gasteiger partial charge on any atom is 0.459 e. The van der Waals surface area contributed by atoms with Crippen molar-refractivity contribution in [2.24, 2.45) is 5.84 Å². The molecule has 2 aromatic heterocycles. The van der Waals surface area contributed by atoms with E-state index in [1.54, 1.807) is 19.2 Å². The van der Waals surface area contributed by atoms with Gasteiger partial charge >= 0.3 is 13.7 Å². The van der Waals surface area contributed by atoms with Gasteiger partial charge in [0.25, 0.3) is 0 Å². The van der Waals surface area contributed by atoms with Crippen LogP contribution in [0.2, 0.25) is 5.02 Å². The third-order valence-corrected chi connectivity index (χ3v) is 10.5. The normalized spacial score (nSPS) is 27.6. The van der Waals surface area contributed by atoms with E-state index in [0.29, 0.717) is 41.3 Å². The van der Waals surface area contributed by atoms with Gasteiger partial charge in [0, 0.05) is 12.1 Å². The lowest BCUT2D eigenvalue weighted by Gasteiger charge is -2.41. The molecule has 0 spiro atoms. The number of rotatable bonds is 11. The summed E-state index contributed by atoms with van der Waals surface area (Å²) in [6, 6.07) is 6.16. The molecule has 1 saturated heterocycles. The smallest absolute Gasteiger partial charge is 0.459 e. The number of aromatic nitrogens is 4. The number of hydrazine groups is 1. The topological polar surface area (TPSA) is 196 Å². The molecule has 3 heterocycles. The molecule has 45 heavy (non-hydrogen) atoms. The van der Waals surface area contributed by atoms with E-state index in [-0.39, 0.29) is 11.9 Å². The number of hydrogen-bond acceptors (Lipinski definition) is 13. The fraction of sp³-hybridized carbons (Fsp3) is 0.571. The lowest BCUT2D eigenvalue weighted by molar-refractivity contribution is -0.160. The van der Waals surface area contributed by atoms with Gasteiger partial charge in [0.05, 0.1) is 12.9 Å². The number of ether oxygens (including phenoxy) is 2. The quantitative estimate of drug-likeness (QED) is 0.101. The largest absolute Gasteiger partial charge is 0.461 e. The number of aliphatic hydroxyl groups excluding tert-OH is 1. The minimum atomic E-state index is -4.32. The Kier molecular flexibility index (Phi) is 8.82. The van der Waals surface area contributed by atoms with Gasteiger partial charge in [-0.05, 0) is 76.1 Å². The van der Waals surface area contributed by atoms with Crippen molar-refractivity contribution in [3.05, 3.63) is 41.9 Å². The third-order valence-electron chi connectivity index (χ3n) is 8.65. The van der Waals surface area contributed by atoms with Gasteiger partial charge in [-0.25, -0.2) is 25.4 Å². The summed E-state index contributed by atoms with van der Waals surface area (Å²) >= 11 is 6.03. The first-order valence-corrected chi connectivity index (χ1v) is 16.7. The Bertz CT molecular complexity index is 1580. The number of nitrogens with one attached hydrogen (secondary N) is 1. The second-order valence-corrected chi connectivity index (χ2v) is 14.1. The van der Waals surface area contributed by atoms with Gasteiger partial charge in [-0.2, -0.15) is 5.09 Å². The van der Waals surface area contributed by atoms with E-state index >= 15 is 0 Å². The number of aliphatic hydroxyl groups is 2. The summed E-state index contributed by atoms with van der Waals surface area (Å²) < 4.78 is 39.5. The number of nitrogens with two attached hydrogens (primary N) is 1. The molecule has 5 N–H and O–H groups in total. The van der Waals surface area contributed by atoms with Gasteiger partial charge < -0.3 is 24.2 Å². The summed E-state index contributed by atoms with van der Waals surface area (Å²) in [6.07, 6.45) is 3.71. The number of fused-ring (bicyclic) bond motifs is 1. The highest BCUT2D eigenvalue weighted by molar-refractivity contribution is 7.52. The predicted molar refractivity (Wildman–Crippen MR) is 162 cm³/mol. The number of benzene rings is 1. The van der Waals surface area contributed by atoms with Gasteiger partial charge in [-0.15, -0.1) is 0 Å². The molecule has 3 unspecified atom stereocenters. The number of carbonyl (C=O) groups is 1. The van der Waals surface area contributed by atoms with Crippen LogP contribution in [0.25, 0.3) is 11.2 Å². The van der Waals surface area contributed by atoms with E-state index < -0.39 is 49.9 Å². The van der Waals surface area contributed by atoms with Gasteiger partial charge in [-0.3, -0.25) is 18.9 Å². The highest BCUT2D eigenvalue weighted by Crippen LogP contribution is 2.52. The summed E-state index contributed by atoms with van der Waals surface area (Å²) in [5.74, 6) is 5.90. The molecule has 1 aliphatic heterocycles. The second-order valence-electron chi connectivity index (χ2n) is 12.0. The molecule has 3 fully saturated rings. The lowest BCUT2D eigenvalue weighted by atomic mass is 9.78. The standard InChI is InChI=1S/C28H37ClN7O8P/c1-27(39)22(37)20(43-25(27)36-16-33-21-23(35(2)30)31-15-32-24(21)36)14-41-45(40,44-19-10-8-17(29)9-11-19)34-28(12-5-13-28)26(38)42-18-6-3-4-7-18/h8-11,15-16,18,20,22,25,37,39H,3-7,12-14,30H2,1-2H3,(H,34,40)/t20?,22-,25?,27-,45?/m1/s1. The molecule has 3 aliphatic rings. The molecule has 0 amide bonds. The van der Waals surface area contributed by atoms with Crippen LogP contribution in [0.15, 0.2) is 36.9 Å². The van der Waals surface area contributed by atoms with Crippen LogP contribution >= 0.6 is 19.3 Å². The maximum absolute atomic E-state index is 14.4. The third kappa shape index (κ3) is 6.28. The summed E-state index contributed by atoms with van der Waals surface area (Å²) in [7, 11) is -2.73. The molecule has 244 valence electrons. The molecular weight excluding hydrogens is 629 g/mol. The van der Waals surface area contributed by atoms with E-state index in [4.69, 9.17) is 36.0 Å². The zero-order chi connectivity index (χ0) is 32.0. The number of nitrogens with zero attached hydrogens (tertiary/aromatic N) is 5. The van der Waals surface area contributed by atoms with Crippen molar-refractivity contribution in [3.8, 4) is 5.75 Å². The van der Waals surface area contributed by atoms with Crippen LogP contribution in [0.3, 0.4) is 0 Å². The zero-order valence-electron chi connectivity index (χ0n) is 24.9. The first-order chi connectivity index (χ1) is 21.4. The van der Waals surface area contributed by atoms with E-state index in [1.165, 1.54) is 41.3 Å². The molecule has 5 atom stereocenters. The minimum absolute atomic E-state index is 0.178. The molecule has 0 bridgehead atoms. The van der Waals surface area contributed by atoms with Gasteiger partial charge in [0.15, 0.2) is 23.2 Å². The Morgan fingerprint density at radius 2 is 1.93 bits per heavy atom. The molecule has 2 saturated carbocycles. The Balaban J connectivity index is 1.23. The minimum Gasteiger partial charge on any atom is -0.461 e. The molecule has 0 radical (unpaired) electrons. The fourth-order valence-corrected chi connectivity index (χ4v) is 7.83. The van der Waals surface area contributed by atoms with Crippen LogP contribution in [0.5, 0.6) is 5.75 Å². The van der Waals surface area contributed by atoms with Crippen LogP contribution < -0.4 is 20.5 Å². The van der Waals surface area contributed by atoms with Crippen LogP contribution in [0.4, 0.5) is 5.82 Å². The summed E-state index contributed by atoms with van der Waals surface area (Å²) in [6.45, 7) is 0.924. The van der Waals surface area contributed by atoms with Crippen LogP contribution in [-0.2, 0) is 23.4 Å². The van der Waals surface area contributed by atoms with Gasteiger partial charge in [-0.1, -0.05) is 11.6 Å². The zero-order valence-corrected chi connectivity index (χ0v) is 26.6. The number of esters is 1. The highest BCUT2D eigenvalue weighted by Gasteiger charge is 2.56. The van der Waals surface area contributed by atoms with E-state index in [0.717, 1.165) is 25.7 Å². The lowest BCUT2D eigenvalue weighted by Crippen LogP contribution is -2.57. The Morgan fingerprint density at radius 3 is 2.58 bits per heavy atom. The highest BCUT2D eigenvalue weighted by atomic mass is 35.5. The van der Waals surface area contributed by atoms with Crippen molar-refractivity contribution >= 4 is 42.3 Å². The number of anilines is 1. The Labute approximate surface area is 264 Å². The van der Waals surface area contributed by atoms with Crippen LogP contribution in [0, 0.1) is 0 Å². The monoisotopic (exact) mass is 665 g/mol. The molecule has 15 nitrogen and oxygen atoms in total. The van der Waals surface area contributed by atoms with Gasteiger partial charge in [0.2, 0.25) is 0 Å². The van der Waals surface area contributed by atoms with E-state index in [9.17, 15) is 19.6 Å². The SMILES string of the molecule is CN(N)c1ncnc2c1ncn2C1OC(COP(=O)(NC2(C(=O)OC3CCCC3)CCC2)Oc2ccc(Cl)cc2)[C@@H](O)[C@@]1(C)O. The molecule has 2 aliphatic carbocycles. The second kappa shape index (κ2) is 12.4. The van der Waals surface area contributed by atoms with Crippen molar-refractivity contribution in [1.29, 1.82) is 0 Å². The van der Waals surface area contributed by atoms with Crippen molar-refractivity contribution in [2.75, 3.05) is 18.7 Å².